The predicted octanol–water partition coefficient (Wildman–Crippen LogP) is 0.443. The molecule has 6 heteroatoms. The highest BCUT2D eigenvalue weighted by molar-refractivity contribution is 7.92. The molecule has 0 saturated heterocycles. The third-order valence-electron chi connectivity index (χ3n) is 2.54. The fraction of sp³-hybridized carbons (Fsp3) is 0.909. The van der Waals surface area contributed by atoms with Crippen molar-refractivity contribution in [1.29, 1.82) is 0 Å². The Morgan fingerprint density at radius 3 is 2.29 bits per heavy atom. The average Bonchev–Trinajstić information content (AvgIpc) is 2.15. The molecule has 0 bridgehead atoms. The summed E-state index contributed by atoms with van der Waals surface area (Å²) in [5.74, 6) is -0.336. The zero-order valence-electron chi connectivity index (χ0n) is 11.1. The molecule has 0 aromatic carbocycles. The summed E-state index contributed by atoms with van der Waals surface area (Å²) in [4.78, 5) is 11.4. The molecule has 102 valence electrons. The van der Waals surface area contributed by atoms with Gasteiger partial charge in [0.2, 0.25) is 5.91 Å². The Morgan fingerprint density at radius 1 is 1.35 bits per heavy atom. The number of hydrogen-bond donors (Lipinski definition) is 2. The average molecular weight is 264 g/mol. The lowest BCUT2D eigenvalue weighted by Gasteiger charge is -2.19. The third kappa shape index (κ3) is 5.50. The molecule has 5 nitrogen and oxygen atoms in total. The van der Waals surface area contributed by atoms with E-state index in [-0.39, 0.29) is 18.2 Å². The summed E-state index contributed by atoms with van der Waals surface area (Å²) in [5.41, 5.74) is 5.60. The molecule has 0 aliphatic heterocycles. The quantitative estimate of drug-likeness (QED) is 0.728. The Hall–Kier alpha value is -0.620. The Kier molecular flexibility index (Phi) is 6.12. The summed E-state index contributed by atoms with van der Waals surface area (Å²) in [7, 11) is -3.19. The van der Waals surface area contributed by atoms with Gasteiger partial charge in [0.25, 0.3) is 0 Å². The number of carbonyl (C=O) groups is 1. The van der Waals surface area contributed by atoms with Crippen LogP contribution in [-0.2, 0) is 14.6 Å². The van der Waals surface area contributed by atoms with E-state index in [0.717, 1.165) is 6.42 Å². The van der Waals surface area contributed by atoms with Gasteiger partial charge in [-0.15, -0.1) is 0 Å². The second kappa shape index (κ2) is 6.35. The minimum absolute atomic E-state index is 0.0545. The first-order chi connectivity index (χ1) is 7.62. The van der Waals surface area contributed by atoms with Crippen molar-refractivity contribution in [2.24, 2.45) is 5.73 Å². The second-order valence-electron chi connectivity index (χ2n) is 5.12. The van der Waals surface area contributed by atoms with Gasteiger partial charge in [-0.2, -0.15) is 0 Å². The molecule has 1 unspecified atom stereocenters. The Morgan fingerprint density at radius 2 is 1.88 bits per heavy atom. The van der Waals surface area contributed by atoms with Crippen LogP contribution < -0.4 is 11.1 Å². The topological polar surface area (TPSA) is 89.3 Å². The van der Waals surface area contributed by atoms with E-state index >= 15 is 0 Å². The molecular formula is C11H24N2O3S. The molecule has 1 amide bonds. The zero-order valence-corrected chi connectivity index (χ0v) is 11.9. The molecule has 1 atom stereocenters. The number of amides is 1. The van der Waals surface area contributed by atoms with Crippen LogP contribution in [0.5, 0.6) is 0 Å². The van der Waals surface area contributed by atoms with Crippen molar-refractivity contribution in [2.75, 3.05) is 12.3 Å². The van der Waals surface area contributed by atoms with E-state index in [4.69, 9.17) is 5.73 Å². The van der Waals surface area contributed by atoms with E-state index in [2.05, 4.69) is 5.32 Å². The summed E-state index contributed by atoms with van der Waals surface area (Å²) in [6.07, 6.45) is 1.44. The fourth-order valence-electron chi connectivity index (χ4n) is 1.19. The standard InChI is InChI=1S/C11H24N2O3S/c1-5-6-9(12)10(14)13-7-8-17(15,16)11(2,3)4/h9H,5-8,12H2,1-4H3,(H,13,14). The van der Waals surface area contributed by atoms with Gasteiger partial charge in [-0.3, -0.25) is 4.79 Å². The van der Waals surface area contributed by atoms with Crippen LogP contribution in [0.15, 0.2) is 0 Å². The van der Waals surface area contributed by atoms with Crippen molar-refractivity contribution in [3.63, 3.8) is 0 Å². The van der Waals surface area contributed by atoms with Crippen LogP contribution in [0.3, 0.4) is 0 Å². The highest BCUT2D eigenvalue weighted by Crippen LogP contribution is 2.15. The minimum Gasteiger partial charge on any atom is -0.354 e. The monoisotopic (exact) mass is 264 g/mol. The molecule has 0 saturated carbocycles. The predicted molar refractivity (Wildman–Crippen MR) is 69.4 cm³/mol. The maximum atomic E-state index is 11.7. The van der Waals surface area contributed by atoms with Crippen LogP contribution in [0.4, 0.5) is 0 Å². The van der Waals surface area contributed by atoms with Crippen molar-refractivity contribution in [1.82, 2.24) is 5.32 Å². The highest BCUT2D eigenvalue weighted by atomic mass is 32.2. The molecule has 0 fully saturated rings. The fourth-order valence-corrected chi connectivity index (χ4v) is 2.17. The highest BCUT2D eigenvalue weighted by Gasteiger charge is 2.28. The molecule has 3 N–H and O–H groups in total. The summed E-state index contributed by atoms with van der Waals surface area (Å²) < 4.78 is 22.7. The van der Waals surface area contributed by atoms with E-state index in [9.17, 15) is 13.2 Å². The van der Waals surface area contributed by atoms with E-state index in [0.29, 0.717) is 6.42 Å². The number of nitrogens with one attached hydrogen (secondary N) is 1. The molecule has 17 heavy (non-hydrogen) atoms. The van der Waals surface area contributed by atoms with Crippen LogP contribution >= 0.6 is 0 Å². The first-order valence-corrected chi connectivity index (χ1v) is 7.52. The van der Waals surface area contributed by atoms with Crippen LogP contribution in [0, 0.1) is 0 Å². The first kappa shape index (κ1) is 16.4. The number of hydrogen-bond acceptors (Lipinski definition) is 4. The van der Waals surface area contributed by atoms with Crippen LogP contribution in [0.2, 0.25) is 0 Å². The van der Waals surface area contributed by atoms with Crippen molar-refractivity contribution in [3.8, 4) is 0 Å². The number of sulfone groups is 1. The van der Waals surface area contributed by atoms with Gasteiger partial charge in [0, 0.05) is 6.54 Å². The number of carbonyl (C=O) groups excluding carboxylic acids is 1. The Balaban J connectivity index is 4.13. The van der Waals surface area contributed by atoms with Crippen LogP contribution in [-0.4, -0.2) is 37.4 Å². The lowest BCUT2D eigenvalue weighted by atomic mass is 10.2. The van der Waals surface area contributed by atoms with E-state index in [1.165, 1.54) is 0 Å². The van der Waals surface area contributed by atoms with Crippen molar-refractivity contribution in [3.05, 3.63) is 0 Å². The molecule has 0 spiro atoms. The molecule has 0 rings (SSSR count). The van der Waals surface area contributed by atoms with Crippen molar-refractivity contribution < 1.29 is 13.2 Å². The first-order valence-electron chi connectivity index (χ1n) is 5.87. The van der Waals surface area contributed by atoms with Gasteiger partial charge in [-0.1, -0.05) is 13.3 Å². The zero-order chi connectivity index (χ0) is 13.7. The summed E-state index contributed by atoms with van der Waals surface area (Å²) >= 11 is 0. The van der Waals surface area contributed by atoms with Gasteiger partial charge in [0.1, 0.15) is 0 Å². The molecule has 0 aliphatic carbocycles. The third-order valence-corrected chi connectivity index (χ3v) is 5.15. The molecular weight excluding hydrogens is 240 g/mol. The van der Waals surface area contributed by atoms with Crippen molar-refractivity contribution >= 4 is 15.7 Å². The Labute approximate surface area is 104 Å². The summed E-state index contributed by atoms with van der Waals surface area (Å²) in [5, 5.41) is 2.55. The lowest BCUT2D eigenvalue weighted by molar-refractivity contribution is -0.122. The summed E-state index contributed by atoms with van der Waals surface area (Å²) in [6.45, 7) is 7.00. The molecule has 0 radical (unpaired) electrons. The van der Waals surface area contributed by atoms with E-state index < -0.39 is 20.6 Å². The smallest absolute Gasteiger partial charge is 0.236 e. The van der Waals surface area contributed by atoms with Gasteiger partial charge >= 0.3 is 0 Å². The largest absolute Gasteiger partial charge is 0.354 e. The SMILES string of the molecule is CCCC(N)C(=O)NCCS(=O)(=O)C(C)(C)C. The van der Waals surface area contributed by atoms with Gasteiger partial charge in [0.15, 0.2) is 9.84 Å². The summed E-state index contributed by atoms with van der Waals surface area (Å²) in [6, 6.07) is -0.544. The van der Waals surface area contributed by atoms with Gasteiger partial charge in [-0.25, -0.2) is 8.42 Å². The second-order valence-corrected chi connectivity index (χ2v) is 7.98. The molecule has 0 aromatic rings. The maximum absolute atomic E-state index is 11.7. The van der Waals surface area contributed by atoms with Crippen molar-refractivity contribution in [2.45, 2.75) is 51.3 Å². The van der Waals surface area contributed by atoms with E-state index in [1.54, 1.807) is 20.8 Å². The minimum atomic E-state index is -3.19. The lowest BCUT2D eigenvalue weighted by Crippen LogP contribution is -2.43. The van der Waals surface area contributed by atoms with E-state index in [1.807, 2.05) is 6.92 Å². The number of nitrogens with two attached hydrogens (primary N) is 1. The number of rotatable bonds is 6. The normalized spacial score (nSPS) is 14.4. The molecule has 0 aromatic heterocycles. The molecule has 0 heterocycles. The van der Waals surface area contributed by atoms with Crippen LogP contribution in [0.1, 0.15) is 40.5 Å². The maximum Gasteiger partial charge on any atom is 0.236 e. The van der Waals surface area contributed by atoms with Gasteiger partial charge < -0.3 is 11.1 Å². The van der Waals surface area contributed by atoms with Gasteiger partial charge in [0.05, 0.1) is 16.5 Å². The van der Waals surface area contributed by atoms with Crippen LogP contribution in [0.25, 0.3) is 0 Å². The van der Waals surface area contributed by atoms with Gasteiger partial charge in [-0.05, 0) is 27.2 Å². The molecule has 0 aliphatic rings. The Bertz CT molecular complexity index is 344.